The highest BCUT2D eigenvalue weighted by Crippen LogP contribution is 2.55. The van der Waals surface area contributed by atoms with Gasteiger partial charge in [-0.25, -0.2) is 0 Å². The fourth-order valence-electron chi connectivity index (χ4n) is 7.94. The summed E-state index contributed by atoms with van der Waals surface area (Å²) in [7, 11) is 0. The molecule has 1 atom stereocenters. The van der Waals surface area contributed by atoms with Crippen LogP contribution in [0.4, 0.5) is 0 Å². The normalized spacial score (nSPS) is 20.3. The first-order valence-corrected chi connectivity index (χ1v) is 16.2. The third kappa shape index (κ3) is 3.67. The minimum absolute atomic E-state index is 0.0442. The van der Waals surface area contributed by atoms with Gasteiger partial charge in [0.05, 0.1) is 4.70 Å². The van der Waals surface area contributed by atoms with Gasteiger partial charge in [0.2, 0.25) is 0 Å². The van der Waals surface area contributed by atoms with Crippen LogP contribution in [-0.2, 0) is 18.3 Å². The van der Waals surface area contributed by atoms with Gasteiger partial charge in [-0.2, -0.15) is 0 Å². The summed E-state index contributed by atoms with van der Waals surface area (Å²) >= 11 is 1.80. The number of rotatable bonds is 3. The lowest BCUT2D eigenvalue weighted by molar-refractivity contribution is 0.222. The average Bonchev–Trinajstić information content (AvgIpc) is 3.39. The second kappa shape index (κ2) is 9.57. The predicted octanol–water partition coefficient (Wildman–Crippen LogP) is 11.2. The Hall–Kier alpha value is -3.88. The Bertz CT molecular complexity index is 1980. The Labute approximate surface area is 252 Å². The molecule has 4 aliphatic rings. The van der Waals surface area contributed by atoms with Crippen molar-refractivity contribution in [3.05, 3.63) is 122 Å². The van der Waals surface area contributed by atoms with E-state index in [0.29, 0.717) is 5.92 Å². The van der Waals surface area contributed by atoms with Crippen LogP contribution in [-0.4, -0.2) is 0 Å². The Morgan fingerprint density at radius 1 is 0.929 bits per heavy atom. The molecule has 0 N–H and O–H groups in total. The van der Waals surface area contributed by atoms with Crippen molar-refractivity contribution >= 4 is 56.5 Å². The van der Waals surface area contributed by atoms with Gasteiger partial charge in [-0.3, -0.25) is 0 Å². The van der Waals surface area contributed by atoms with E-state index in [9.17, 15) is 0 Å². The van der Waals surface area contributed by atoms with E-state index in [-0.39, 0.29) is 5.41 Å². The smallest absolute Gasteiger partial charge is 0.148 e. The van der Waals surface area contributed by atoms with E-state index in [1.165, 1.54) is 59.1 Å². The average molecular weight is 565 g/mol. The van der Waals surface area contributed by atoms with E-state index in [1.807, 2.05) is 6.08 Å². The third-order valence-electron chi connectivity index (χ3n) is 10.1. The molecule has 2 heterocycles. The number of thiophene rings is 1. The molecule has 3 aliphatic carbocycles. The first-order chi connectivity index (χ1) is 20.5. The summed E-state index contributed by atoms with van der Waals surface area (Å²) in [6.45, 7) is 11.0. The molecular formula is C40H36OS. The van der Waals surface area contributed by atoms with Crippen molar-refractivity contribution < 1.29 is 4.74 Å². The minimum atomic E-state index is -0.0442. The Kier molecular flexibility index (Phi) is 5.88. The molecule has 2 heteroatoms. The van der Waals surface area contributed by atoms with Crippen molar-refractivity contribution in [1.82, 2.24) is 0 Å². The first-order valence-electron chi connectivity index (χ1n) is 15.4. The molecule has 1 aliphatic heterocycles. The molecular weight excluding hydrogens is 529 g/mol. The number of hydrogen-bond donors (Lipinski definition) is 0. The van der Waals surface area contributed by atoms with Crippen LogP contribution in [0.3, 0.4) is 0 Å². The van der Waals surface area contributed by atoms with E-state index in [4.69, 9.17) is 4.74 Å². The molecule has 0 spiro atoms. The maximum Gasteiger partial charge on any atom is 0.148 e. The van der Waals surface area contributed by atoms with E-state index in [0.717, 1.165) is 43.6 Å². The molecule has 4 aromatic rings. The number of hydrogen-bond acceptors (Lipinski definition) is 2. The molecule has 0 saturated carbocycles. The number of ether oxygens (including phenoxy) is 1. The van der Waals surface area contributed by atoms with Gasteiger partial charge in [-0.15, -0.1) is 11.3 Å². The highest BCUT2D eigenvalue weighted by atomic mass is 32.1. The molecule has 0 bridgehead atoms. The van der Waals surface area contributed by atoms with Gasteiger partial charge in [0.15, 0.2) is 0 Å². The molecule has 42 heavy (non-hydrogen) atoms. The largest absolute Gasteiger partial charge is 0.460 e. The topological polar surface area (TPSA) is 9.23 Å². The van der Waals surface area contributed by atoms with Gasteiger partial charge < -0.3 is 4.74 Å². The lowest BCUT2D eigenvalue weighted by atomic mass is 9.66. The van der Waals surface area contributed by atoms with Crippen LogP contribution < -0.4 is 4.74 Å². The molecule has 0 saturated heterocycles. The Morgan fingerprint density at radius 2 is 1.74 bits per heavy atom. The van der Waals surface area contributed by atoms with Gasteiger partial charge in [0.25, 0.3) is 0 Å². The van der Waals surface area contributed by atoms with E-state index < -0.39 is 0 Å². The minimum Gasteiger partial charge on any atom is -0.460 e. The van der Waals surface area contributed by atoms with E-state index in [1.54, 1.807) is 22.5 Å². The molecule has 0 radical (unpaired) electrons. The molecule has 0 amide bonds. The molecule has 3 aromatic carbocycles. The van der Waals surface area contributed by atoms with Crippen molar-refractivity contribution in [2.45, 2.75) is 58.3 Å². The van der Waals surface area contributed by atoms with Crippen LogP contribution in [0.25, 0.3) is 45.2 Å². The van der Waals surface area contributed by atoms with Gasteiger partial charge >= 0.3 is 0 Å². The van der Waals surface area contributed by atoms with E-state index in [2.05, 4.69) is 106 Å². The zero-order chi connectivity index (χ0) is 28.6. The van der Waals surface area contributed by atoms with E-state index >= 15 is 0 Å². The van der Waals surface area contributed by atoms with Gasteiger partial charge in [0.1, 0.15) is 11.5 Å². The summed E-state index contributed by atoms with van der Waals surface area (Å²) in [6, 6.07) is 13.6. The predicted molar refractivity (Wildman–Crippen MR) is 182 cm³/mol. The molecule has 8 rings (SSSR count). The van der Waals surface area contributed by atoms with Gasteiger partial charge in [-0.1, -0.05) is 99.4 Å². The first kappa shape index (κ1) is 25.8. The monoisotopic (exact) mass is 564 g/mol. The van der Waals surface area contributed by atoms with Crippen LogP contribution in [0.2, 0.25) is 0 Å². The van der Waals surface area contributed by atoms with Crippen molar-refractivity contribution in [2.24, 2.45) is 5.92 Å². The summed E-state index contributed by atoms with van der Waals surface area (Å²) in [6.07, 6.45) is 23.7. The van der Waals surface area contributed by atoms with Crippen LogP contribution in [0.5, 0.6) is 5.75 Å². The Morgan fingerprint density at radius 3 is 2.55 bits per heavy atom. The number of allylic oxidation sites excluding steroid dienone is 7. The fourth-order valence-corrected chi connectivity index (χ4v) is 9.06. The van der Waals surface area contributed by atoms with Gasteiger partial charge in [0, 0.05) is 32.7 Å². The van der Waals surface area contributed by atoms with Crippen LogP contribution in [0.15, 0.2) is 84.2 Å². The highest BCUT2D eigenvalue weighted by Gasteiger charge is 2.44. The van der Waals surface area contributed by atoms with Crippen molar-refractivity contribution in [3.63, 3.8) is 0 Å². The molecule has 1 unspecified atom stereocenters. The Balaban J connectivity index is 1.22. The second-order valence-corrected chi connectivity index (χ2v) is 13.7. The highest BCUT2D eigenvalue weighted by molar-refractivity contribution is 7.20. The molecule has 208 valence electrons. The maximum absolute atomic E-state index is 6.83. The summed E-state index contributed by atoms with van der Waals surface area (Å²) < 4.78 is 8.06. The van der Waals surface area contributed by atoms with Crippen LogP contribution in [0, 0.1) is 5.92 Å². The van der Waals surface area contributed by atoms with Crippen molar-refractivity contribution in [1.29, 1.82) is 0 Å². The summed E-state index contributed by atoms with van der Waals surface area (Å²) in [4.78, 5) is 1.20. The lowest BCUT2D eigenvalue weighted by Crippen LogP contribution is -2.37. The fraction of sp³-hybridized carbons (Fsp3) is 0.250. The standard InChI is InChI=1S/C40H36OS/c1-5-11-31-32-19-20-34-38(39(32)42-37(31)6-2)41-36-21-17-25(23-35(36)40(34,3)4)24-16-18-30-28-14-8-7-12-26(28)27-13-9-10-15-29(27)33(30)22-24/h5-7,9-13,15,17,19-22,35H,2,8,14,16,18,23H2,1,3-4H3/b11-5-. The zero-order valence-electron chi connectivity index (χ0n) is 24.7. The van der Waals surface area contributed by atoms with Crippen LogP contribution >= 0.6 is 11.3 Å². The third-order valence-corrected chi connectivity index (χ3v) is 11.4. The van der Waals surface area contributed by atoms with Gasteiger partial charge in [-0.05, 0) is 89.3 Å². The summed E-state index contributed by atoms with van der Waals surface area (Å²) in [5.41, 5.74) is 11.5. The van der Waals surface area contributed by atoms with Crippen molar-refractivity contribution in [3.8, 4) is 5.75 Å². The maximum atomic E-state index is 6.83. The summed E-state index contributed by atoms with van der Waals surface area (Å²) in [5, 5.41) is 4.05. The molecule has 1 aromatic heterocycles. The molecule has 1 nitrogen and oxygen atoms in total. The number of fused-ring (bicyclic) bond motifs is 10. The lowest BCUT2D eigenvalue weighted by Gasteiger charge is -2.43. The summed E-state index contributed by atoms with van der Waals surface area (Å²) in [5.74, 6) is 2.45. The second-order valence-electron chi connectivity index (χ2n) is 12.7. The number of benzene rings is 3. The van der Waals surface area contributed by atoms with Crippen molar-refractivity contribution in [2.75, 3.05) is 0 Å². The van der Waals surface area contributed by atoms with Crippen LogP contribution in [0.1, 0.15) is 78.3 Å². The SMILES string of the molecule is C=Cc1sc2c3c(ccc2c1/C=C\C)C(C)(C)C1CC(C2=Cc4c(c5c(c6ccccc46)C=CCC5)CC2)=CC=C1O3. The quantitative estimate of drug-likeness (QED) is 0.240. The zero-order valence-corrected chi connectivity index (χ0v) is 25.5. The molecule has 0 fully saturated rings.